The van der Waals surface area contributed by atoms with Gasteiger partial charge in [-0.05, 0) is 38.1 Å². The Labute approximate surface area is 94.2 Å². The number of rotatable bonds is 6. The highest BCUT2D eigenvalue weighted by molar-refractivity contribution is 4.82. The molecule has 2 aliphatic rings. The van der Waals surface area contributed by atoms with Crippen molar-refractivity contribution in [1.82, 2.24) is 10.6 Å². The van der Waals surface area contributed by atoms with Crippen molar-refractivity contribution in [1.29, 1.82) is 0 Å². The summed E-state index contributed by atoms with van der Waals surface area (Å²) in [6.45, 7) is 4.73. The summed E-state index contributed by atoms with van der Waals surface area (Å²) in [7, 11) is 0. The predicted octanol–water partition coefficient (Wildman–Crippen LogP) is 2.30. The molecule has 2 heteroatoms. The van der Waals surface area contributed by atoms with Gasteiger partial charge in [-0.15, -0.1) is 0 Å². The molecule has 0 amide bonds. The number of piperidine rings is 1. The van der Waals surface area contributed by atoms with Gasteiger partial charge in [-0.1, -0.05) is 26.2 Å². The Balaban J connectivity index is 1.60. The molecule has 0 aromatic carbocycles. The van der Waals surface area contributed by atoms with E-state index < -0.39 is 0 Å². The number of hydrogen-bond donors (Lipinski definition) is 2. The smallest absolute Gasteiger partial charge is 0.0192 e. The van der Waals surface area contributed by atoms with E-state index in [0.717, 1.165) is 18.0 Å². The lowest BCUT2D eigenvalue weighted by Crippen LogP contribution is -2.44. The predicted molar refractivity (Wildman–Crippen MR) is 65.1 cm³/mol. The van der Waals surface area contributed by atoms with Crippen LogP contribution in [0.2, 0.25) is 0 Å². The van der Waals surface area contributed by atoms with Gasteiger partial charge in [0.2, 0.25) is 0 Å². The van der Waals surface area contributed by atoms with E-state index in [4.69, 9.17) is 0 Å². The van der Waals surface area contributed by atoms with Gasteiger partial charge in [-0.25, -0.2) is 0 Å². The second kappa shape index (κ2) is 5.86. The normalized spacial score (nSPS) is 29.0. The van der Waals surface area contributed by atoms with E-state index in [1.807, 2.05) is 0 Å². The molecule has 1 saturated carbocycles. The van der Waals surface area contributed by atoms with Crippen LogP contribution in [0.15, 0.2) is 0 Å². The van der Waals surface area contributed by atoms with E-state index in [1.54, 1.807) is 0 Å². The minimum absolute atomic E-state index is 0.743. The molecular formula is C13H26N2. The third-order valence-corrected chi connectivity index (χ3v) is 3.87. The molecule has 0 spiro atoms. The Morgan fingerprint density at radius 3 is 2.73 bits per heavy atom. The third-order valence-electron chi connectivity index (χ3n) is 3.87. The number of hydrogen-bond acceptors (Lipinski definition) is 2. The summed E-state index contributed by atoms with van der Waals surface area (Å²) in [5.41, 5.74) is 0. The van der Waals surface area contributed by atoms with Crippen molar-refractivity contribution >= 4 is 0 Å². The standard InChI is InChI=1S/C13H26N2/c1-2-12(9-11-6-7-11)15-10-13-5-3-4-8-14-13/h11-15H,2-10H2,1H3. The Morgan fingerprint density at radius 2 is 2.13 bits per heavy atom. The van der Waals surface area contributed by atoms with Gasteiger partial charge in [0.15, 0.2) is 0 Å². The lowest BCUT2D eigenvalue weighted by molar-refractivity contribution is 0.351. The second-order valence-electron chi connectivity index (χ2n) is 5.34. The van der Waals surface area contributed by atoms with Crippen LogP contribution in [0.3, 0.4) is 0 Å². The maximum atomic E-state index is 3.75. The van der Waals surface area contributed by atoms with Gasteiger partial charge in [-0.3, -0.25) is 0 Å². The first-order valence-electron chi connectivity index (χ1n) is 6.85. The molecule has 2 atom stereocenters. The van der Waals surface area contributed by atoms with Crippen molar-refractivity contribution in [3.63, 3.8) is 0 Å². The molecule has 2 nitrogen and oxygen atoms in total. The molecule has 0 bridgehead atoms. The summed E-state index contributed by atoms with van der Waals surface area (Å²) in [4.78, 5) is 0. The zero-order chi connectivity index (χ0) is 10.5. The van der Waals surface area contributed by atoms with Gasteiger partial charge in [0.1, 0.15) is 0 Å². The lowest BCUT2D eigenvalue weighted by Gasteiger charge is -2.26. The van der Waals surface area contributed by atoms with E-state index in [-0.39, 0.29) is 0 Å². The molecule has 2 fully saturated rings. The fourth-order valence-electron chi connectivity index (χ4n) is 2.56. The van der Waals surface area contributed by atoms with Crippen LogP contribution in [0.25, 0.3) is 0 Å². The quantitative estimate of drug-likeness (QED) is 0.703. The molecule has 2 unspecified atom stereocenters. The van der Waals surface area contributed by atoms with Crippen LogP contribution in [0.5, 0.6) is 0 Å². The topological polar surface area (TPSA) is 24.1 Å². The molecule has 2 N–H and O–H groups in total. The van der Waals surface area contributed by atoms with Crippen LogP contribution in [-0.4, -0.2) is 25.2 Å². The highest BCUT2D eigenvalue weighted by Crippen LogP contribution is 2.34. The Bertz CT molecular complexity index is 171. The van der Waals surface area contributed by atoms with Crippen molar-refractivity contribution in [2.45, 2.75) is 64.0 Å². The minimum Gasteiger partial charge on any atom is -0.313 e. The van der Waals surface area contributed by atoms with Gasteiger partial charge in [0, 0.05) is 18.6 Å². The number of nitrogens with one attached hydrogen (secondary N) is 2. The van der Waals surface area contributed by atoms with E-state index in [2.05, 4.69) is 17.6 Å². The first-order valence-corrected chi connectivity index (χ1v) is 6.85. The summed E-state index contributed by atoms with van der Waals surface area (Å²) >= 11 is 0. The van der Waals surface area contributed by atoms with Crippen LogP contribution in [-0.2, 0) is 0 Å². The van der Waals surface area contributed by atoms with E-state index in [9.17, 15) is 0 Å². The fourth-order valence-corrected chi connectivity index (χ4v) is 2.56. The van der Waals surface area contributed by atoms with Gasteiger partial charge in [0.25, 0.3) is 0 Å². The molecule has 0 aromatic rings. The lowest BCUT2D eigenvalue weighted by atomic mass is 10.0. The second-order valence-corrected chi connectivity index (χ2v) is 5.34. The zero-order valence-electron chi connectivity index (χ0n) is 10.1. The molecule has 1 heterocycles. The molecule has 1 aliphatic carbocycles. The Hall–Kier alpha value is -0.0800. The molecule has 2 rings (SSSR count). The first-order chi connectivity index (χ1) is 7.38. The summed E-state index contributed by atoms with van der Waals surface area (Å²) in [5, 5.41) is 7.35. The van der Waals surface area contributed by atoms with E-state index in [1.165, 1.54) is 58.0 Å². The summed E-state index contributed by atoms with van der Waals surface area (Å²) < 4.78 is 0. The molecule has 15 heavy (non-hydrogen) atoms. The molecule has 88 valence electrons. The largest absolute Gasteiger partial charge is 0.313 e. The van der Waals surface area contributed by atoms with Crippen molar-refractivity contribution in [2.75, 3.05) is 13.1 Å². The van der Waals surface area contributed by atoms with Crippen molar-refractivity contribution < 1.29 is 0 Å². The highest BCUT2D eigenvalue weighted by atomic mass is 15.0. The molecule has 0 radical (unpaired) electrons. The SMILES string of the molecule is CCC(CC1CC1)NCC1CCCCN1. The van der Waals surface area contributed by atoms with Gasteiger partial charge >= 0.3 is 0 Å². The Morgan fingerprint density at radius 1 is 1.27 bits per heavy atom. The molecule has 0 aromatic heterocycles. The average molecular weight is 210 g/mol. The summed E-state index contributed by atoms with van der Waals surface area (Å²) in [5.74, 6) is 1.06. The summed E-state index contributed by atoms with van der Waals surface area (Å²) in [6.07, 6.45) is 9.84. The zero-order valence-corrected chi connectivity index (χ0v) is 10.1. The van der Waals surface area contributed by atoms with E-state index >= 15 is 0 Å². The van der Waals surface area contributed by atoms with Crippen molar-refractivity contribution in [3.8, 4) is 0 Å². The minimum atomic E-state index is 0.743. The molecule has 1 saturated heterocycles. The first kappa shape index (κ1) is 11.4. The van der Waals surface area contributed by atoms with E-state index in [0.29, 0.717) is 0 Å². The maximum Gasteiger partial charge on any atom is 0.0192 e. The average Bonchev–Trinajstić information content (AvgIpc) is 3.09. The van der Waals surface area contributed by atoms with Gasteiger partial charge in [-0.2, -0.15) is 0 Å². The van der Waals surface area contributed by atoms with Crippen LogP contribution < -0.4 is 10.6 Å². The van der Waals surface area contributed by atoms with Crippen LogP contribution >= 0.6 is 0 Å². The van der Waals surface area contributed by atoms with Gasteiger partial charge in [0.05, 0.1) is 0 Å². The Kier molecular flexibility index (Phi) is 4.45. The van der Waals surface area contributed by atoms with Crippen LogP contribution in [0, 0.1) is 5.92 Å². The van der Waals surface area contributed by atoms with Gasteiger partial charge < -0.3 is 10.6 Å². The van der Waals surface area contributed by atoms with Crippen LogP contribution in [0.4, 0.5) is 0 Å². The van der Waals surface area contributed by atoms with Crippen molar-refractivity contribution in [2.24, 2.45) is 5.92 Å². The fraction of sp³-hybridized carbons (Fsp3) is 1.00. The molecular weight excluding hydrogens is 184 g/mol. The van der Waals surface area contributed by atoms with Crippen molar-refractivity contribution in [3.05, 3.63) is 0 Å². The summed E-state index contributed by atoms with van der Waals surface area (Å²) in [6, 6.07) is 1.52. The molecule has 1 aliphatic heterocycles. The maximum absolute atomic E-state index is 3.75. The van der Waals surface area contributed by atoms with Crippen LogP contribution in [0.1, 0.15) is 51.9 Å². The monoisotopic (exact) mass is 210 g/mol. The highest BCUT2D eigenvalue weighted by Gasteiger charge is 2.24. The third kappa shape index (κ3) is 4.12.